The van der Waals surface area contributed by atoms with E-state index in [1.165, 1.54) is 6.07 Å². The minimum absolute atomic E-state index is 0.0653. The first-order valence-corrected chi connectivity index (χ1v) is 8.42. The Kier molecular flexibility index (Phi) is 5.40. The van der Waals surface area contributed by atoms with Crippen LogP contribution in [0.15, 0.2) is 23.1 Å². The molecule has 5 nitrogen and oxygen atoms in total. The van der Waals surface area contributed by atoms with Gasteiger partial charge in [-0.25, -0.2) is 13.1 Å². The normalized spacial score (nSPS) is 17.3. The predicted molar refractivity (Wildman–Crippen MR) is 78.4 cm³/mol. The summed E-state index contributed by atoms with van der Waals surface area (Å²) in [6, 6.07) is 4.75. The second-order valence-electron chi connectivity index (χ2n) is 4.79. The number of rotatable bonds is 5. The molecule has 0 spiro atoms. The van der Waals surface area contributed by atoms with Gasteiger partial charge in [0.25, 0.3) is 0 Å². The van der Waals surface area contributed by atoms with Gasteiger partial charge in [0.15, 0.2) is 0 Å². The molecule has 2 N–H and O–H groups in total. The minimum Gasteiger partial charge on any atom is -0.381 e. The Morgan fingerprint density at radius 3 is 2.65 bits per heavy atom. The summed E-state index contributed by atoms with van der Waals surface area (Å²) in [7, 11) is -1.71. The van der Waals surface area contributed by atoms with Gasteiger partial charge >= 0.3 is 0 Å². The highest BCUT2D eigenvalue weighted by Crippen LogP contribution is 2.21. The molecule has 0 aliphatic carbocycles. The Balaban J connectivity index is 2.14. The minimum atomic E-state index is -3.52. The Morgan fingerprint density at radius 1 is 1.35 bits per heavy atom. The SMILES string of the molecule is CNCc1ccc(S(=O)(=O)NC2CCOCC2)cc1Cl. The van der Waals surface area contributed by atoms with Crippen LogP contribution in [0.3, 0.4) is 0 Å². The summed E-state index contributed by atoms with van der Waals surface area (Å²) in [6.45, 7) is 1.79. The molecule has 1 aliphatic heterocycles. The molecule has 1 fully saturated rings. The number of halogens is 1. The maximum atomic E-state index is 12.3. The zero-order valence-electron chi connectivity index (χ0n) is 11.4. The van der Waals surface area contributed by atoms with Crippen molar-refractivity contribution in [3.8, 4) is 0 Å². The van der Waals surface area contributed by atoms with Crippen LogP contribution < -0.4 is 10.0 Å². The number of nitrogens with one attached hydrogen (secondary N) is 2. The molecule has 20 heavy (non-hydrogen) atoms. The molecule has 0 radical (unpaired) electrons. The smallest absolute Gasteiger partial charge is 0.240 e. The van der Waals surface area contributed by atoms with Gasteiger partial charge in [-0.1, -0.05) is 17.7 Å². The van der Waals surface area contributed by atoms with Crippen molar-refractivity contribution < 1.29 is 13.2 Å². The second-order valence-corrected chi connectivity index (χ2v) is 6.91. The van der Waals surface area contributed by atoms with Crippen molar-refractivity contribution in [3.05, 3.63) is 28.8 Å². The first kappa shape index (κ1) is 15.7. The van der Waals surface area contributed by atoms with Crippen molar-refractivity contribution in [2.75, 3.05) is 20.3 Å². The summed E-state index contributed by atoms with van der Waals surface area (Å²) in [6.07, 6.45) is 1.40. The molecular formula is C13H19ClN2O3S. The molecule has 0 unspecified atom stereocenters. The quantitative estimate of drug-likeness (QED) is 0.863. The molecule has 1 aromatic carbocycles. The molecule has 1 aliphatic rings. The van der Waals surface area contributed by atoms with E-state index in [1.54, 1.807) is 12.1 Å². The Labute approximate surface area is 124 Å². The molecule has 1 aromatic rings. The molecule has 2 rings (SSSR count). The number of benzene rings is 1. The van der Waals surface area contributed by atoms with E-state index in [9.17, 15) is 8.42 Å². The third kappa shape index (κ3) is 3.93. The summed E-state index contributed by atoms with van der Waals surface area (Å²) in [4.78, 5) is 0.203. The average Bonchev–Trinajstić information content (AvgIpc) is 2.42. The highest BCUT2D eigenvalue weighted by molar-refractivity contribution is 7.89. The van der Waals surface area contributed by atoms with Crippen molar-refractivity contribution in [1.82, 2.24) is 10.0 Å². The summed E-state index contributed by atoms with van der Waals surface area (Å²) in [5.41, 5.74) is 0.874. The van der Waals surface area contributed by atoms with Crippen LogP contribution in [-0.2, 0) is 21.3 Å². The van der Waals surface area contributed by atoms with Gasteiger partial charge in [-0.2, -0.15) is 0 Å². The lowest BCUT2D eigenvalue weighted by Crippen LogP contribution is -2.38. The van der Waals surface area contributed by atoms with Crippen molar-refractivity contribution in [2.45, 2.75) is 30.3 Å². The van der Waals surface area contributed by atoms with E-state index in [-0.39, 0.29) is 10.9 Å². The van der Waals surface area contributed by atoms with Gasteiger partial charge in [0.05, 0.1) is 4.90 Å². The lowest BCUT2D eigenvalue weighted by atomic mass is 10.1. The molecule has 112 valence electrons. The molecule has 1 heterocycles. The van der Waals surface area contributed by atoms with Crippen LogP contribution in [0.4, 0.5) is 0 Å². The molecular weight excluding hydrogens is 300 g/mol. The van der Waals surface area contributed by atoms with E-state index >= 15 is 0 Å². The highest BCUT2D eigenvalue weighted by Gasteiger charge is 2.22. The number of hydrogen-bond donors (Lipinski definition) is 2. The number of hydrogen-bond acceptors (Lipinski definition) is 4. The molecule has 0 atom stereocenters. The van der Waals surface area contributed by atoms with Crippen LogP contribution in [0.25, 0.3) is 0 Å². The standard InChI is InChI=1S/C13H19ClN2O3S/c1-15-9-10-2-3-12(8-13(10)14)20(17,18)16-11-4-6-19-7-5-11/h2-3,8,11,15-16H,4-7,9H2,1H3. The van der Waals surface area contributed by atoms with Crippen LogP contribution in [0.2, 0.25) is 5.02 Å². The maximum absolute atomic E-state index is 12.3. The zero-order chi connectivity index (χ0) is 14.6. The fourth-order valence-corrected chi connectivity index (χ4v) is 3.77. The van der Waals surface area contributed by atoms with Crippen LogP contribution in [-0.4, -0.2) is 34.7 Å². The second kappa shape index (κ2) is 6.87. The monoisotopic (exact) mass is 318 g/mol. The average molecular weight is 319 g/mol. The molecule has 0 amide bonds. The van der Waals surface area contributed by atoms with Gasteiger partial charge in [-0.3, -0.25) is 0 Å². The van der Waals surface area contributed by atoms with Gasteiger partial charge < -0.3 is 10.1 Å². The fraction of sp³-hybridized carbons (Fsp3) is 0.538. The predicted octanol–water partition coefficient (Wildman–Crippen LogP) is 1.52. The van der Waals surface area contributed by atoms with E-state index in [0.29, 0.717) is 37.6 Å². The first-order valence-electron chi connectivity index (χ1n) is 6.56. The van der Waals surface area contributed by atoms with Crippen molar-refractivity contribution in [1.29, 1.82) is 0 Å². The Bertz CT molecular complexity index is 557. The van der Waals surface area contributed by atoms with E-state index in [2.05, 4.69) is 10.0 Å². The van der Waals surface area contributed by atoms with Crippen molar-refractivity contribution in [2.24, 2.45) is 0 Å². The number of sulfonamides is 1. The molecule has 0 bridgehead atoms. The summed E-state index contributed by atoms with van der Waals surface area (Å²) in [5, 5.41) is 3.44. The van der Waals surface area contributed by atoms with E-state index in [4.69, 9.17) is 16.3 Å². The Morgan fingerprint density at radius 2 is 2.05 bits per heavy atom. The fourth-order valence-electron chi connectivity index (χ4n) is 2.13. The third-order valence-corrected chi connectivity index (χ3v) is 5.12. The van der Waals surface area contributed by atoms with Gasteiger partial charge in [0.2, 0.25) is 10.0 Å². The summed E-state index contributed by atoms with van der Waals surface area (Å²) >= 11 is 6.10. The van der Waals surface area contributed by atoms with Gasteiger partial charge in [0.1, 0.15) is 0 Å². The topological polar surface area (TPSA) is 67.4 Å². The van der Waals surface area contributed by atoms with E-state index in [1.807, 2.05) is 7.05 Å². The lowest BCUT2D eigenvalue weighted by molar-refractivity contribution is 0.0832. The summed E-state index contributed by atoms with van der Waals surface area (Å²) in [5.74, 6) is 0. The lowest BCUT2D eigenvalue weighted by Gasteiger charge is -2.23. The van der Waals surface area contributed by atoms with Crippen LogP contribution >= 0.6 is 11.6 Å². The largest absolute Gasteiger partial charge is 0.381 e. The summed E-state index contributed by atoms with van der Waals surface area (Å²) < 4.78 is 32.5. The highest BCUT2D eigenvalue weighted by atomic mass is 35.5. The van der Waals surface area contributed by atoms with Crippen molar-refractivity contribution in [3.63, 3.8) is 0 Å². The maximum Gasteiger partial charge on any atom is 0.240 e. The number of ether oxygens (including phenoxy) is 1. The van der Waals surface area contributed by atoms with Crippen molar-refractivity contribution >= 4 is 21.6 Å². The first-order chi connectivity index (χ1) is 9.53. The zero-order valence-corrected chi connectivity index (χ0v) is 12.9. The van der Waals surface area contributed by atoms with Gasteiger partial charge in [-0.05, 0) is 37.6 Å². The van der Waals surface area contributed by atoms with Crippen LogP contribution in [0.1, 0.15) is 18.4 Å². The van der Waals surface area contributed by atoms with E-state index < -0.39 is 10.0 Å². The van der Waals surface area contributed by atoms with Crippen LogP contribution in [0, 0.1) is 0 Å². The van der Waals surface area contributed by atoms with Crippen LogP contribution in [0.5, 0.6) is 0 Å². The van der Waals surface area contributed by atoms with Gasteiger partial charge in [0, 0.05) is 30.8 Å². The Hall–Kier alpha value is -0.660. The third-order valence-electron chi connectivity index (χ3n) is 3.25. The molecule has 1 saturated heterocycles. The van der Waals surface area contributed by atoms with E-state index in [0.717, 1.165) is 5.56 Å². The molecule has 0 aromatic heterocycles. The van der Waals surface area contributed by atoms with Gasteiger partial charge in [-0.15, -0.1) is 0 Å². The molecule has 7 heteroatoms. The molecule has 0 saturated carbocycles.